The van der Waals surface area contributed by atoms with Crippen molar-refractivity contribution in [3.05, 3.63) is 53.1 Å². The molecule has 2 aromatic rings. The number of aromatic carboxylic acids is 1. The average Bonchev–Trinajstić information content (AvgIpc) is 2.66. The van der Waals surface area contributed by atoms with E-state index in [1.165, 1.54) is 30.3 Å². The van der Waals surface area contributed by atoms with E-state index in [1.54, 1.807) is 6.07 Å². The van der Waals surface area contributed by atoms with Crippen molar-refractivity contribution in [1.82, 2.24) is 0 Å². The van der Waals surface area contributed by atoms with Crippen LogP contribution in [0.15, 0.2) is 36.4 Å². The Kier molecular flexibility index (Phi) is 6.09. The predicted octanol–water partition coefficient (Wildman–Crippen LogP) is 1.37. The number of hydrogen-bond donors (Lipinski definition) is 6. The number of aromatic hydroxyl groups is 1. The van der Waals surface area contributed by atoms with Gasteiger partial charge in [0.05, 0.1) is 29.5 Å². The Hall–Kier alpha value is -3.90. The lowest BCUT2D eigenvalue weighted by atomic mass is 10.1. The van der Waals surface area contributed by atoms with E-state index >= 15 is 0 Å². The molecule has 0 aliphatic rings. The fourth-order valence-corrected chi connectivity index (χ4v) is 2.25. The van der Waals surface area contributed by atoms with E-state index in [0.717, 1.165) is 6.07 Å². The molecule has 0 aliphatic heterocycles. The van der Waals surface area contributed by atoms with E-state index in [4.69, 9.17) is 15.8 Å². The Morgan fingerprint density at radius 1 is 1.15 bits per heavy atom. The van der Waals surface area contributed by atoms with Gasteiger partial charge in [-0.25, -0.2) is 4.79 Å². The predicted molar refractivity (Wildman–Crippen MR) is 97.3 cm³/mol. The van der Waals surface area contributed by atoms with Gasteiger partial charge in [0.2, 0.25) is 0 Å². The smallest absolute Gasteiger partial charge is 0.337 e. The number of rotatable bonds is 7. The number of nitrogens with one attached hydrogen (secondary N) is 3. The third-order valence-electron chi connectivity index (χ3n) is 3.56. The van der Waals surface area contributed by atoms with Gasteiger partial charge < -0.3 is 26.0 Å². The summed E-state index contributed by atoms with van der Waals surface area (Å²) >= 11 is 0. The molecule has 0 aliphatic carbocycles. The van der Waals surface area contributed by atoms with Gasteiger partial charge in [0.1, 0.15) is 11.5 Å². The second-order valence-corrected chi connectivity index (χ2v) is 5.39. The number of carboxylic acid groups (broad SMARTS) is 1. The van der Waals surface area contributed by atoms with Crippen LogP contribution in [0, 0.1) is 16.7 Å². The van der Waals surface area contributed by atoms with E-state index in [2.05, 4.69) is 10.6 Å². The molecule has 0 heterocycles. The van der Waals surface area contributed by atoms with Crippen LogP contribution in [-0.2, 0) is 4.79 Å². The lowest BCUT2D eigenvalue weighted by molar-refractivity contribution is -0.110. The standard InChI is InChI=1S/C18H16N4O5/c19-9-10-1-3-14(12(7-10)18(26)27)22-17(25)16(20)13-8-11(21-5-6-23)2-4-15(13)24/h1-4,7-8,20-21,23-24H,5-6H2,(H,22,25)(H,26,27). The lowest BCUT2D eigenvalue weighted by Crippen LogP contribution is -2.24. The van der Waals surface area contributed by atoms with Crippen LogP contribution in [0.4, 0.5) is 11.4 Å². The summed E-state index contributed by atoms with van der Waals surface area (Å²) in [4.78, 5) is 23.7. The monoisotopic (exact) mass is 368 g/mol. The molecular weight excluding hydrogens is 352 g/mol. The van der Waals surface area contributed by atoms with Gasteiger partial charge in [-0.2, -0.15) is 5.26 Å². The van der Waals surface area contributed by atoms with Crippen LogP contribution in [0.1, 0.15) is 21.5 Å². The number of carboxylic acids is 1. The number of benzene rings is 2. The van der Waals surface area contributed by atoms with E-state index in [1.807, 2.05) is 0 Å². The zero-order valence-corrected chi connectivity index (χ0v) is 14.0. The Bertz CT molecular complexity index is 949. The molecule has 27 heavy (non-hydrogen) atoms. The van der Waals surface area contributed by atoms with Gasteiger partial charge in [-0.05, 0) is 36.4 Å². The molecule has 0 radical (unpaired) electrons. The van der Waals surface area contributed by atoms with E-state index in [0.29, 0.717) is 5.69 Å². The van der Waals surface area contributed by atoms with Gasteiger partial charge in [0, 0.05) is 17.8 Å². The molecule has 0 saturated carbocycles. The summed E-state index contributed by atoms with van der Waals surface area (Å²) < 4.78 is 0. The molecule has 138 valence electrons. The fraction of sp³-hybridized carbons (Fsp3) is 0.111. The van der Waals surface area contributed by atoms with Gasteiger partial charge in [-0.1, -0.05) is 0 Å². The molecule has 0 saturated heterocycles. The minimum Gasteiger partial charge on any atom is -0.507 e. The van der Waals surface area contributed by atoms with Crippen LogP contribution in [-0.4, -0.2) is 46.1 Å². The number of phenols is 1. The number of hydrogen-bond acceptors (Lipinski definition) is 7. The first-order valence-corrected chi connectivity index (χ1v) is 7.72. The maximum absolute atomic E-state index is 12.4. The van der Waals surface area contributed by atoms with Crippen LogP contribution in [0.3, 0.4) is 0 Å². The molecule has 0 bridgehead atoms. The molecule has 9 heteroatoms. The SMILES string of the molecule is N#Cc1ccc(NC(=O)C(=N)c2cc(NCCO)ccc2O)c(C(=O)O)c1. The van der Waals surface area contributed by atoms with E-state index in [9.17, 15) is 19.8 Å². The van der Waals surface area contributed by atoms with Crippen LogP contribution in [0.5, 0.6) is 5.75 Å². The van der Waals surface area contributed by atoms with Crippen molar-refractivity contribution in [2.24, 2.45) is 0 Å². The van der Waals surface area contributed by atoms with Gasteiger partial charge in [-0.15, -0.1) is 0 Å². The van der Waals surface area contributed by atoms with Crippen molar-refractivity contribution in [3.8, 4) is 11.8 Å². The molecule has 2 rings (SSSR count). The van der Waals surface area contributed by atoms with Crippen LogP contribution < -0.4 is 10.6 Å². The summed E-state index contributed by atoms with van der Waals surface area (Å²) in [6.07, 6.45) is 0. The summed E-state index contributed by atoms with van der Waals surface area (Å²) in [6.45, 7) is 0.127. The van der Waals surface area contributed by atoms with Crippen molar-refractivity contribution in [2.45, 2.75) is 0 Å². The highest BCUT2D eigenvalue weighted by atomic mass is 16.4. The normalized spacial score (nSPS) is 9.93. The minimum atomic E-state index is -1.34. The second-order valence-electron chi connectivity index (χ2n) is 5.39. The number of aliphatic hydroxyl groups is 1. The van der Waals surface area contributed by atoms with Crippen LogP contribution in [0.25, 0.3) is 0 Å². The fourth-order valence-electron chi connectivity index (χ4n) is 2.25. The van der Waals surface area contributed by atoms with Crippen LogP contribution >= 0.6 is 0 Å². The summed E-state index contributed by atoms with van der Waals surface area (Å²) in [7, 11) is 0. The van der Waals surface area contributed by atoms with Crippen LogP contribution in [0.2, 0.25) is 0 Å². The molecule has 6 N–H and O–H groups in total. The number of amides is 1. The first kappa shape index (κ1) is 19.4. The summed E-state index contributed by atoms with van der Waals surface area (Å²) in [5.41, 5.74) is -0.426. The topological polar surface area (TPSA) is 167 Å². The molecule has 0 aromatic heterocycles. The largest absolute Gasteiger partial charge is 0.507 e. The number of carbonyl (C=O) groups is 2. The van der Waals surface area contributed by atoms with Crippen molar-refractivity contribution < 1.29 is 24.9 Å². The van der Waals surface area contributed by atoms with Crippen molar-refractivity contribution in [2.75, 3.05) is 23.8 Å². The minimum absolute atomic E-state index is 0.0686. The van der Waals surface area contributed by atoms with E-state index < -0.39 is 17.6 Å². The molecule has 0 fully saturated rings. The van der Waals surface area contributed by atoms with Crippen molar-refractivity contribution >= 4 is 29.0 Å². The molecular formula is C18H16N4O5. The highest BCUT2D eigenvalue weighted by molar-refractivity contribution is 6.48. The zero-order chi connectivity index (χ0) is 20.0. The maximum atomic E-state index is 12.4. The Morgan fingerprint density at radius 3 is 2.52 bits per heavy atom. The van der Waals surface area contributed by atoms with Gasteiger partial charge in [0.15, 0.2) is 0 Å². The van der Waals surface area contributed by atoms with Gasteiger partial charge in [-0.3, -0.25) is 10.2 Å². The molecule has 0 unspecified atom stereocenters. The number of nitrogens with zero attached hydrogens (tertiary/aromatic N) is 1. The van der Waals surface area contributed by atoms with Crippen molar-refractivity contribution in [1.29, 1.82) is 10.7 Å². The zero-order valence-electron chi connectivity index (χ0n) is 14.0. The number of anilines is 2. The van der Waals surface area contributed by atoms with Gasteiger partial charge in [0.25, 0.3) is 5.91 Å². The second kappa shape index (κ2) is 8.46. The Morgan fingerprint density at radius 2 is 1.89 bits per heavy atom. The molecule has 0 atom stereocenters. The highest BCUT2D eigenvalue weighted by Gasteiger charge is 2.19. The quantitative estimate of drug-likeness (QED) is 0.317. The summed E-state index contributed by atoms with van der Waals surface area (Å²) in [5, 5.41) is 50.0. The maximum Gasteiger partial charge on any atom is 0.337 e. The Labute approximate surface area is 154 Å². The number of carbonyl (C=O) groups excluding carboxylic acids is 1. The Balaban J connectivity index is 2.28. The average molecular weight is 368 g/mol. The molecule has 1 amide bonds. The third-order valence-corrected chi connectivity index (χ3v) is 3.56. The first-order valence-electron chi connectivity index (χ1n) is 7.72. The summed E-state index contributed by atoms with van der Waals surface area (Å²) in [6, 6.07) is 9.68. The third kappa shape index (κ3) is 4.59. The lowest BCUT2D eigenvalue weighted by Gasteiger charge is -2.12. The van der Waals surface area contributed by atoms with Gasteiger partial charge >= 0.3 is 5.97 Å². The molecule has 2 aromatic carbocycles. The van der Waals surface area contributed by atoms with Crippen molar-refractivity contribution in [3.63, 3.8) is 0 Å². The number of nitriles is 1. The number of phenolic OH excluding ortho intramolecular Hbond substituents is 1. The first-order chi connectivity index (χ1) is 12.9. The number of aliphatic hydroxyl groups excluding tert-OH is 1. The molecule has 9 nitrogen and oxygen atoms in total. The molecule has 0 spiro atoms. The highest BCUT2D eigenvalue weighted by Crippen LogP contribution is 2.23. The summed E-state index contributed by atoms with van der Waals surface area (Å²) in [5.74, 6) is -2.58. The van der Waals surface area contributed by atoms with E-state index in [-0.39, 0.29) is 41.3 Å².